The lowest BCUT2D eigenvalue weighted by molar-refractivity contribution is -0.270. The SMILES string of the molecule is COc1c(N2[C@@H](C#N)C[C@](OC)(C(F)(F)F)[C@H]2C)ccc(F)c1F. The van der Waals surface area contributed by atoms with Gasteiger partial charge >= 0.3 is 6.18 Å². The zero-order chi connectivity index (χ0) is 18.3. The lowest BCUT2D eigenvalue weighted by Gasteiger charge is -2.37. The lowest BCUT2D eigenvalue weighted by atomic mass is 9.93. The molecule has 24 heavy (non-hydrogen) atoms. The summed E-state index contributed by atoms with van der Waals surface area (Å²) in [6.07, 6.45) is -5.41. The standard InChI is InChI=1S/C15H15F5N2O2/c1-8-14(24-3,15(18,19)20)6-9(7-21)22(8)11-5-4-10(16)12(17)13(11)23-2/h4-5,8-9H,6H2,1-3H3/t8-,9-,14-/m1/s1. The van der Waals surface area contributed by atoms with Gasteiger partial charge in [-0.2, -0.15) is 22.8 Å². The molecule has 0 N–H and O–H groups in total. The van der Waals surface area contributed by atoms with Crippen molar-refractivity contribution in [1.82, 2.24) is 0 Å². The molecule has 0 aromatic heterocycles. The highest BCUT2D eigenvalue weighted by Crippen LogP contribution is 2.50. The summed E-state index contributed by atoms with van der Waals surface area (Å²) in [5, 5.41) is 9.27. The summed E-state index contributed by atoms with van der Waals surface area (Å²) >= 11 is 0. The maximum absolute atomic E-state index is 13.9. The van der Waals surface area contributed by atoms with E-state index < -0.39 is 47.7 Å². The van der Waals surface area contributed by atoms with E-state index >= 15 is 0 Å². The second kappa shape index (κ2) is 6.09. The van der Waals surface area contributed by atoms with Crippen molar-refractivity contribution in [2.75, 3.05) is 19.1 Å². The van der Waals surface area contributed by atoms with Crippen LogP contribution < -0.4 is 9.64 Å². The smallest absolute Gasteiger partial charge is 0.419 e. The van der Waals surface area contributed by atoms with Gasteiger partial charge in [0.25, 0.3) is 0 Å². The van der Waals surface area contributed by atoms with Crippen LogP contribution in [0.2, 0.25) is 0 Å². The van der Waals surface area contributed by atoms with Gasteiger partial charge in [-0.3, -0.25) is 0 Å². The fourth-order valence-electron chi connectivity index (χ4n) is 3.18. The highest BCUT2D eigenvalue weighted by atomic mass is 19.4. The molecule has 0 aliphatic carbocycles. The van der Waals surface area contributed by atoms with Crippen molar-refractivity contribution in [3.63, 3.8) is 0 Å². The van der Waals surface area contributed by atoms with Crippen molar-refractivity contribution < 1.29 is 31.4 Å². The second-order valence-corrected chi connectivity index (χ2v) is 5.44. The average molecular weight is 350 g/mol. The molecule has 2 rings (SSSR count). The van der Waals surface area contributed by atoms with Crippen molar-refractivity contribution in [1.29, 1.82) is 5.26 Å². The largest absolute Gasteiger partial charge is 0.491 e. The van der Waals surface area contributed by atoms with E-state index in [1.165, 1.54) is 6.92 Å². The number of hydrogen-bond donors (Lipinski definition) is 0. The molecule has 1 aliphatic heterocycles. The first-order valence-corrected chi connectivity index (χ1v) is 6.96. The average Bonchev–Trinajstić information content (AvgIpc) is 2.82. The third-order valence-corrected chi connectivity index (χ3v) is 4.43. The number of rotatable bonds is 3. The Bertz CT molecular complexity index is 673. The van der Waals surface area contributed by atoms with Gasteiger partial charge in [0, 0.05) is 13.5 Å². The van der Waals surface area contributed by atoms with E-state index in [0.29, 0.717) is 0 Å². The monoisotopic (exact) mass is 350 g/mol. The van der Waals surface area contributed by atoms with E-state index in [4.69, 9.17) is 9.47 Å². The molecular formula is C15H15F5N2O2. The summed E-state index contributed by atoms with van der Waals surface area (Å²) in [6.45, 7) is 1.22. The van der Waals surface area contributed by atoms with Crippen LogP contribution in [0.5, 0.6) is 5.75 Å². The zero-order valence-electron chi connectivity index (χ0n) is 13.1. The second-order valence-electron chi connectivity index (χ2n) is 5.44. The quantitative estimate of drug-likeness (QED) is 0.784. The predicted molar refractivity (Wildman–Crippen MR) is 74.7 cm³/mol. The van der Waals surface area contributed by atoms with E-state index in [2.05, 4.69) is 0 Å². The Morgan fingerprint density at radius 2 is 1.92 bits per heavy atom. The van der Waals surface area contributed by atoms with Crippen LogP contribution in [-0.4, -0.2) is 38.1 Å². The number of methoxy groups -OCH3 is 2. The van der Waals surface area contributed by atoms with Gasteiger partial charge in [0.1, 0.15) is 6.04 Å². The summed E-state index contributed by atoms with van der Waals surface area (Å²) < 4.78 is 77.6. The van der Waals surface area contributed by atoms with Gasteiger partial charge in [-0.1, -0.05) is 0 Å². The summed E-state index contributed by atoms with van der Waals surface area (Å²) in [5.41, 5.74) is -2.75. The van der Waals surface area contributed by atoms with Gasteiger partial charge in [-0.05, 0) is 19.1 Å². The molecule has 0 unspecified atom stereocenters. The Morgan fingerprint density at radius 3 is 2.38 bits per heavy atom. The van der Waals surface area contributed by atoms with E-state index in [1.807, 2.05) is 0 Å². The molecule has 0 spiro atoms. The number of nitrogens with zero attached hydrogens (tertiary/aromatic N) is 2. The molecule has 0 amide bonds. The normalized spacial score (nSPS) is 27.2. The number of anilines is 1. The Hall–Kier alpha value is -2.08. The molecule has 3 atom stereocenters. The molecule has 9 heteroatoms. The molecular weight excluding hydrogens is 335 g/mol. The van der Waals surface area contributed by atoms with E-state index in [0.717, 1.165) is 31.3 Å². The van der Waals surface area contributed by atoms with Gasteiger partial charge in [-0.25, -0.2) is 4.39 Å². The van der Waals surface area contributed by atoms with Crippen LogP contribution in [0.15, 0.2) is 12.1 Å². The summed E-state index contributed by atoms with van der Waals surface area (Å²) in [5.74, 6) is -3.10. The van der Waals surface area contributed by atoms with Crippen molar-refractivity contribution in [2.24, 2.45) is 0 Å². The van der Waals surface area contributed by atoms with Crippen molar-refractivity contribution in [2.45, 2.75) is 37.2 Å². The summed E-state index contributed by atoms with van der Waals surface area (Å²) in [4.78, 5) is 1.05. The summed E-state index contributed by atoms with van der Waals surface area (Å²) in [7, 11) is 1.97. The Labute approximate surface area is 135 Å². The Balaban J connectivity index is 2.63. The van der Waals surface area contributed by atoms with Crippen molar-refractivity contribution in [3.05, 3.63) is 23.8 Å². The third kappa shape index (κ3) is 2.45. The number of nitriles is 1. The number of hydrogen-bond acceptors (Lipinski definition) is 4. The molecule has 1 aromatic carbocycles. The molecule has 1 heterocycles. The first kappa shape index (κ1) is 18.3. The fraction of sp³-hybridized carbons (Fsp3) is 0.533. The first-order chi connectivity index (χ1) is 11.1. The van der Waals surface area contributed by atoms with Crippen LogP contribution in [0.1, 0.15) is 13.3 Å². The number of benzene rings is 1. The summed E-state index contributed by atoms with van der Waals surface area (Å²) in [6, 6.07) is 1.01. The van der Waals surface area contributed by atoms with Crippen molar-refractivity contribution >= 4 is 5.69 Å². The van der Waals surface area contributed by atoms with Crippen LogP contribution >= 0.6 is 0 Å². The minimum Gasteiger partial charge on any atom is -0.491 e. The fourth-order valence-corrected chi connectivity index (χ4v) is 3.18. The van der Waals surface area contributed by atoms with Gasteiger partial charge < -0.3 is 14.4 Å². The molecule has 0 radical (unpaired) electrons. The van der Waals surface area contributed by atoms with Crippen LogP contribution in [0.3, 0.4) is 0 Å². The predicted octanol–water partition coefficient (Wildman–Crippen LogP) is 3.41. The van der Waals surface area contributed by atoms with Gasteiger partial charge in [-0.15, -0.1) is 0 Å². The highest BCUT2D eigenvalue weighted by Gasteiger charge is 2.66. The van der Waals surface area contributed by atoms with Crippen LogP contribution in [0.25, 0.3) is 0 Å². The molecule has 1 fully saturated rings. The van der Waals surface area contributed by atoms with Gasteiger partial charge in [0.15, 0.2) is 17.2 Å². The Morgan fingerprint density at radius 1 is 1.29 bits per heavy atom. The minimum absolute atomic E-state index is 0.140. The van der Waals surface area contributed by atoms with E-state index in [-0.39, 0.29) is 5.69 Å². The number of ether oxygens (including phenoxy) is 2. The van der Waals surface area contributed by atoms with Gasteiger partial charge in [0.05, 0.1) is 24.9 Å². The van der Waals surface area contributed by atoms with Crippen LogP contribution in [0.4, 0.5) is 27.6 Å². The molecule has 1 aliphatic rings. The Kier molecular flexibility index (Phi) is 4.63. The van der Waals surface area contributed by atoms with Crippen LogP contribution in [0, 0.1) is 23.0 Å². The molecule has 1 saturated heterocycles. The number of alkyl halides is 3. The minimum atomic E-state index is -4.75. The van der Waals surface area contributed by atoms with Gasteiger partial charge in [0.2, 0.25) is 5.82 Å². The molecule has 132 valence electrons. The maximum Gasteiger partial charge on any atom is 0.419 e. The highest BCUT2D eigenvalue weighted by molar-refractivity contribution is 5.63. The van der Waals surface area contributed by atoms with E-state index in [1.54, 1.807) is 6.07 Å². The molecule has 4 nitrogen and oxygen atoms in total. The third-order valence-electron chi connectivity index (χ3n) is 4.43. The topological polar surface area (TPSA) is 45.5 Å². The number of halogens is 5. The lowest BCUT2D eigenvalue weighted by Crippen LogP contribution is -2.55. The maximum atomic E-state index is 13.9. The zero-order valence-corrected chi connectivity index (χ0v) is 13.1. The van der Waals surface area contributed by atoms with Crippen molar-refractivity contribution in [3.8, 4) is 11.8 Å². The van der Waals surface area contributed by atoms with E-state index in [9.17, 15) is 27.2 Å². The molecule has 1 aromatic rings. The first-order valence-electron chi connectivity index (χ1n) is 6.96. The molecule has 0 saturated carbocycles. The van der Waals surface area contributed by atoms with Crippen LogP contribution in [-0.2, 0) is 4.74 Å². The molecule has 0 bridgehead atoms.